The van der Waals surface area contributed by atoms with Crippen molar-refractivity contribution in [3.8, 4) is 11.6 Å². The van der Waals surface area contributed by atoms with Crippen molar-refractivity contribution < 1.29 is 14.3 Å². The number of carbonyl (C=O) groups is 2. The summed E-state index contributed by atoms with van der Waals surface area (Å²) < 4.78 is 7.44. The van der Waals surface area contributed by atoms with Crippen LogP contribution in [0.1, 0.15) is 38.1 Å². The van der Waals surface area contributed by atoms with Crippen LogP contribution in [-0.2, 0) is 11.2 Å². The first-order valence-electron chi connectivity index (χ1n) is 11.0. The molecule has 176 valence electrons. The number of nitrogens with one attached hydrogen (secondary N) is 2. The maximum absolute atomic E-state index is 12.8. The first kappa shape index (κ1) is 23.0. The van der Waals surface area contributed by atoms with Crippen LogP contribution >= 0.6 is 0 Å². The lowest BCUT2D eigenvalue weighted by Gasteiger charge is -2.14. The number of hydrogen-bond donors (Lipinski definition) is 2. The molecule has 10 heteroatoms. The highest BCUT2D eigenvalue weighted by Gasteiger charge is 2.13. The second-order valence-corrected chi connectivity index (χ2v) is 8.34. The molecule has 0 fully saturated rings. The van der Waals surface area contributed by atoms with Crippen LogP contribution in [0, 0.1) is 0 Å². The lowest BCUT2D eigenvalue weighted by Crippen LogP contribution is -2.26. The highest BCUT2D eigenvalue weighted by molar-refractivity contribution is 5.98. The molecule has 0 aliphatic carbocycles. The number of amides is 2. The fourth-order valence-electron chi connectivity index (χ4n) is 3.36. The van der Waals surface area contributed by atoms with Crippen LogP contribution in [0.25, 0.3) is 10.9 Å². The number of anilines is 1. The second-order valence-electron chi connectivity index (χ2n) is 8.34. The van der Waals surface area contributed by atoms with Crippen molar-refractivity contribution in [3.63, 3.8) is 0 Å². The first-order chi connectivity index (χ1) is 16.3. The molecule has 0 saturated carbocycles. The number of fused-ring (bicyclic) bond motifs is 1. The Balaban J connectivity index is 1.45. The predicted octanol–water partition coefficient (Wildman–Crippen LogP) is 4.17. The van der Waals surface area contributed by atoms with Crippen molar-refractivity contribution in [1.82, 2.24) is 29.6 Å². The number of carbonyl (C=O) groups excluding carboxylic acids is 2. The first-order valence-corrected chi connectivity index (χ1v) is 11.0. The zero-order valence-electron chi connectivity index (χ0n) is 19.6. The van der Waals surface area contributed by atoms with Gasteiger partial charge in [0.15, 0.2) is 5.82 Å². The Kier molecular flexibility index (Phi) is 6.58. The Labute approximate surface area is 197 Å². The average molecular weight is 462 g/mol. The molecule has 1 aromatic carbocycles. The molecule has 3 aromatic heterocycles. The number of aromatic nitrogens is 5. The molecular weight excluding hydrogens is 434 g/mol. The van der Waals surface area contributed by atoms with Crippen LogP contribution in [0.15, 0.2) is 48.9 Å². The lowest BCUT2D eigenvalue weighted by molar-refractivity contribution is -0.127. The van der Waals surface area contributed by atoms with Crippen molar-refractivity contribution in [1.29, 1.82) is 0 Å². The fraction of sp³-hybridized carbons (Fsp3) is 0.292. The molecule has 4 aromatic rings. The second kappa shape index (κ2) is 9.74. The zero-order valence-corrected chi connectivity index (χ0v) is 19.6. The third kappa shape index (κ3) is 5.22. The Morgan fingerprint density at radius 2 is 2.00 bits per heavy atom. The van der Waals surface area contributed by atoms with E-state index in [1.807, 2.05) is 38.1 Å². The smallest absolute Gasteiger partial charge is 0.331 e. The van der Waals surface area contributed by atoms with Gasteiger partial charge in [-0.1, -0.05) is 13.8 Å². The molecule has 0 unspecified atom stereocenters. The monoisotopic (exact) mass is 461 g/mol. The largest absolute Gasteiger partial charge is 0.439 e. The number of ether oxygens (including phenoxy) is 1. The van der Waals surface area contributed by atoms with E-state index < -0.39 is 0 Å². The molecule has 10 nitrogen and oxygen atoms in total. The van der Waals surface area contributed by atoms with Gasteiger partial charge in [0.1, 0.15) is 12.1 Å². The minimum Gasteiger partial charge on any atom is -0.439 e. The van der Waals surface area contributed by atoms with E-state index >= 15 is 0 Å². The molecule has 0 atom stereocenters. The van der Waals surface area contributed by atoms with Crippen LogP contribution in [0.2, 0.25) is 0 Å². The maximum atomic E-state index is 12.8. The van der Waals surface area contributed by atoms with E-state index in [1.165, 1.54) is 17.8 Å². The van der Waals surface area contributed by atoms with E-state index in [9.17, 15) is 9.59 Å². The summed E-state index contributed by atoms with van der Waals surface area (Å²) >= 11 is 0. The van der Waals surface area contributed by atoms with E-state index in [0.29, 0.717) is 30.4 Å². The van der Waals surface area contributed by atoms with Crippen LogP contribution in [0.5, 0.6) is 11.6 Å². The molecule has 2 amide bonds. The third-order valence-corrected chi connectivity index (χ3v) is 5.50. The zero-order chi connectivity index (χ0) is 24.2. The molecular formula is C24H27N7O3. The standard InChI is InChI=1S/C24H27N7O3/c1-15(2)20-13-22(29-28-20)27-24(33)31-10-7-17-11-19(5-6-21(17)31)34-23-12-18(25-14-26-23)8-9-30(4)16(3)32/h5-7,10-15H,8-9H2,1-4H3,(H2,27,28,29,33). The molecule has 0 radical (unpaired) electrons. The fourth-order valence-corrected chi connectivity index (χ4v) is 3.36. The average Bonchev–Trinajstić information content (AvgIpc) is 3.44. The molecule has 34 heavy (non-hydrogen) atoms. The van der Waals surface area contributed by atoms with Crippen molar-refractivity contribution >= 4 is 28.7 Å². The Bertz CT molecular complexity index is 1330. The summed E-state index contributed by atoms with van der Waals surface area (Å²) in [5.41, 5.74) is 2.47. The van der Waals surface area contributed by atoms with Gasteiger partial charge >= 0.3 is 6.03 Å². The minimum absolute atomic E-state index is 0.00382. The summed E-state index contributed by atoms with van der Waals surface area (Å²) in [6.07, 6.45) is 3.74. The third-order valence-electron chi connectivity index (χ3n) is 5.50. The molecule has 0 aliphatic heterocycles. The van der Waals surface area contributed by atoms with Gasteiger partial charge in [-0.05, 0) is 30.2 Å². The van der Waals surface area contributed by atoms with Gasteiger partial charge in [-0.15, -0.1) is 0 Å². The van der Waals surface area contributed by atoms with Gasteiger partial charge in [-0.3, -0.25) is 19.8 Å². The van der Waals surface area contributed by atoms with Crippen LogP contribution in [-0.4, -0.2) is 55.2 Å². The molecule has 0 aliphatic rings. The normalized spacial score (nSPS) is 11.1. The van der Waals surface area contributed by atoms with Gasteiger partial charge < -0.3 is 9.64 Å². The van der Waals surface area contributed by atoms with Gasteiger partial charge in [0, 0.05) is 62.0 Å². The molecule has 3 heterocycles. The summed E-state index contributed by atoms with van der Waals surface area (Å²) in [5.74, 6) is 1.77. The summed E-state index contributed by atoms with van der Waals surface area (Å²) in [5, 5.41) is 10.7. The van der Waals surface area contributed by atoms with Crippen LogP contribution < -0.4 is 10.1 Å². The van der Waals surface area contributed by atoms with Gasteiger partial charge in [-0.25, -0.2) is 14.8 Å². The van der Waals surface area contributed by atoms with E-state index in [1.54, 1.807) is 30.3 Å². The number of likely N-dealkylation sites (N-methyl/N-ethyl adjacent to an activating group) is 1. The molecule has 0 bridgehead atoms. The highest BCUT2D eigenvalue weighted by Crippen LogP contribution is 2.26. The topological polar surface area (TPSA) is 118 Å². The Morgan fingerprint density at radius 3 is 2.74 bits per heavy atom. The SMILES string of the molecule is CC(=O)N(C)CCc1cc(Oc2ccc3c(ccn3C(=O)Nc3cc(C(C)C)[nH]n3)c2)ncn1. The number of rotatable bonds is 7. The van der Waals surface area contributed by atoms with E-state index in [0.717, 1.165) is 22.3 Å². The number of H-pyrrole nitrogens is 1. The van der Waals surface area contributed by atoms with E-state index in [2.05, 4.69) is 25.5 Å². The van der Waals surface area contributed by atoms with Crippen molar-refractivity contribution in [3.05, 3.63) is 60.3 Å². The van der Waals surface area contributed by atoms with Gasteiger partial charge in [0.2, 0.25) is 11.8 Å². The van der Waals surface area contributed by atoms with Gasteiger partial charge in [0.05, 0.1) is 5.52 Å². The molecule has 4 rings (SSSR count). The molecule has 2 N–H and O–H groups in total. The van der Waals surface area contributed by atoms with Crippen LogP contribution in [0.3, 0.4) is 0 Å². The minimum atomic E-state index is -0.304. The highest BCUT2D eigenvalue weighted by atomic mass is 16.5. The predicted molar refractivity (Wildman–Crippen MR) is 128 cm³/mol. The number of benzene rings is 1. The summed E-state index contributed by atoms with van der Waals surface area (Å²) in [6, 6.07) is 10.6. The van der Waals surface area contributed by atoms with Crippen molar-refractivity contribution in [2.45, 2.75) is 33.1 Å². The number of hydrogen-bond acceptors (Lipinski definition) is 6. The Morgan fingerprint density at radius 1 is 1.18 bits per heavy atom. The van der Waals surface area contributed by atoms with Gasteiger partial charge in [-0.2, -0.15) is 5.10 Å². The quantitative estimate of drug-likeness (QED) is 0.426. The van der Waals surface area contributed by atoms with E-state index in [-0.39, 0.29) is 17.9 Å². The van der Waals surface area contributed by atoms with Crippen molar-refractivity contribution in [2.24, 2.45) is 0 Å². The van der Waals surface area contributed by atoms with Gasteiger partial charge in [0.25, 0.3) is 0 Å². The molecule has 0 saturated heterocycles. The summed E-state index contributed by atoms with van der Waals surface area (Å²) in [4.78, 5) is 34.2. The van der Waals surface area contributed by atoms with Crippen molar-refractivity contribution in [2.75, 3.05) is 18.9 Å². The summed E-state index contributed by atoms with van der Waals surface area (Å²) in [6.45, 7) is 6.19. The van der Waals surface area contributed by atoms with E-state index in [4.69, 9.17) is 4.74 Å². The lowest BCUT2D eigenvalue weighted by atomic mass is 10.1. The molecule has 0 spiro atoms. The Hall–Kier alpha value is -4.21. The summed E-state index contributed by atoms with van der Waals surface area (Å²) in [7, 11) is 1.75. The van der Waals surface area contributed by atoms with Crippen LogP contribution in [0.4, 0.5) is 10.6 Å². The maximum Gasteiger partial charge on any atom is 0.331 e. The number of aromatic amines is 1. The number of nitrogens with zero attached hydrogens (tertiary/aromatic N) is 5.